The maximum Gasteiger partial charge on any atom is 0.313 e. The molecule has 0 saturated carbocycles. The van der Waals surface area contributed by atoms with Crippen LogP contribution >= 0.6 is 11.6 Å². The lowest BCUT2D eigenvalue weighted by atomic mass is 10.2. The molecule has 27 heavy (non-hydrogen) atoms. The molecule has 0 unspecified atom stereocenters. The predicted octanol–water partition coefficient (Wildman–Crippen LogP) is 3.52. The van der Waals surface area contributed by atoms with Crippen molar-refractivity contribution in [1.82, 2.24) is 5.32 Å². The van der Waals surface area contributed by atoms with Gasteiger partial charge in [-0.15, -0.1) is 0 Å². The summed E-state index contributed by atoms with van der Waals surface area (Å²) in [5.74, 6) is 0.271. The van der Waals surface area contributed by atoms with E-state index in [0.29, 0.717) is 18.7 Å². The van der Waals surface area contributed by atoms with Crippen molar-refractivity contribution < 1.29 is 19.2 Å². The monoisotopic (exact) mass is 393 g/mol. The Balaban J connectivity index is 2.20. The normalized spacial score (nSPS) is 10.3. The number of rotatable bonds is 9. The molecular formula is C18H20ClN3O5. The summed E-state index contributed by atoms with van der Waals surface area (Å²) < 4.78 is 10.9. The van der Waals surface area contributed by atoms with Crippen molar-refractivity contribution in [2.24, 2.45) is 5.73 Å². The second kappa shape index (κ2) is 9.75. The third-order valence-corrected chi connectivity index (χ3v) is 3.91. The number of carbonyl (C=O) groups excluding carboxylic acids is 1. The highest BCUT2D eigenvalue weighted by Crippen LogP contribution is 2.37. The number of nitrogens with two attached hydrogens (primary N) is 1. The van der Waals surface area contributed by atoms with Gasteiger partial charge in [-0.1, -0.05) is 11.6 Å². The number of carbonyl (C=O) groups is 1. The largest absolute Gasteiger partial charge is 0.493 e. The number of ether oxygens (including phenoxy) is 2. The summed E-state index contributed by atoms with van der Waals surface area (Å²) in [5, 5.41) is 14.2. The van der Waals surface area contributed by atoms with Crippen LogP contribution in [0.1, 0.15) is 23.2 Å². The van der Waals surface area contributed by atoms with Crippen molar-refractivity contribution in [2.45, 2.75) is 12.8 Å². The Hall–Kier alpha value is -2.84. The molecular weight excluding hydrogens is 374 g/mol. The Kier molecular flexibility index (Phi) is 7.39. The summed E-state index contributed by atoms with van der Waals surface area (Å²) in [6.07, 6.45) is 1.62. The molecule has 3 N–H and O–H groups in total. The molecule has 8 nitrogen and oxygen atoms in total. The van der Waals surface area contributed by atoms with Gasteiger partial charge in [0.2, 0.25) is 5.75 Å². The van der Waals surface area contributed by atoms with Crippen LogP contribution < -0.4 is 20.5 Å². The van der Waals surface area contributed by atoms with Crippen molar-refractivity contribution in [3.63, 3.8) is 0 Å². The van der Waals surface area contributed by atoms with Gasteiger partial charge in [-0.2, -0.15) is 0 Å². The third-order valence-electron chi connectivity index (χ3n) is 3.68. The number of methoxy groups -OCH3 is 1. The number of unbranched alkanes of at least 4 members (excludes halogenated alkanes) is 1. The minimum absolute atomic E-state index is 0.0155. The smallest absolute Gasteiger partial charge is 0.313 e. The fraction of sp³-hybridized carbons (Fsp3) is 0.278. The van der Waals surface area contributed by atoms with Crippen LogP contribution in [-0.2, 0) is 0 Å². The number of nitrogens with zero attached hydrogens (tertiary/aromatic N) is 1. The Morgan fingerprint density at radius 3 is 2.59 bits per heavy atom. The summed E-state index contributed by atoms with van der Waals surface area (Å²) in [5.41, 5.74) is 5.53. The fourth-order valence-electron chi connectivity index (χ4n) is 2.30. The zero-order chi connectivity index (χ0) is 19.8. The first-order valence-electron chi connectivity index (χ1n) is 8.24. The molecule has 0 radical (unpaired) electrons. The number of benzene rings is 2. The molecule has 0 aliphatic rings. The van der Waals surface area contributed by atoms with E-state index < -0.39 is 4.92 Å². The predicted molar refractivity (Wildman–Crippen MR) is 102 cm³/mol. The first-order chi connectivity index (χ1) is 13.0. The van der Waals surface area contributed by atoms with Crippen molar-refractivity contribution in [3.8, 4) is 17.2 Å². The van der Waals surface area contributed by atoms with E-state index in [1.807, 2.05) is 0 Å². The van der Waals surface area contributed by atoms with Gasteiger partial charge in [-0.25, -0.2) is 0 Å². The highest BCUT2D eigenvalue weighted by Gasteiger charge is 2.19. The third kappa shape index (κ3) is 5.57. The van der Waals surface area contributed by atoms with Crippen molar-refractivity contribution in [2.75, 3.05) is 20.2 Å². The van der Waals surface area contributed by atoms with Crippen molar-refractivity contribution >= 4 is 23.2 Å². The number of nitro groups is 1. The van der Waals surface area contributed by atoms with Crippen LogP contribution in [0.25, 0.3) is 0 Å². The first kappa shape index (κ1) is 20.5. The van der Waals surface area contributed by atoms with E-state index in [1.54, 1.807) is 6.07 Å². The summed E-state index contributed by atoms with van der Waals surface area (Å²) >= 11 is 5.80. The molecule has 0 aliphatic heterocycles. The summed E-state index contributed by atoms with van der Waals surface area (Å²) in [4.78, 5) is 22.8. The van der Waals surface area contributed by atoms with E-state index in [0.717, 1.165) is 12.8 Å². The lowest BCUT2D eigenvalue weighted by Gasteiger charge is -2.12. The Morgan fingerprint density at radius 1 is 1.19 bits per heavy atom. The van der Waals surface area contributed by atoms with Crippen molar-refractivity contribution in [3.05, 3.63) is 57.1 Å². The molecule has 0 bridgehead atoms. The van der Waals surface area contributed by atoms with Crippen LogP contribution in [0.4, 0.5) is 5.69 Å². The Labute approximate surface area is 161 Å². The maximum atomic E-state index is 12.2. The highest BCUT2D eigenvalue weighted by atomic mass is 35.5. The number of hydrogen-bond donors (Lipinski definition) is 2. The van der Waals surface area contributed by atoms with Gasteiger partial charge < -0.3 is 20.5 Å². The van der Waals surface area contributed by atoms with Gasteiger partial charge in [0, 0.05) is 23.2 Å². The molecule has 0 saturated heterocycles. The number of hydrogen-bond acceptors (Lipinski definition) is 6. The number of halogens is 1. The van der Waals surface area contributed by atoms with E-state index in [1.165, 1.54) is 37.4 Å². The van der Waals surface area contributed by atoms with Crippen LogP contribution in [0.2, 0.25) is 5.02 Å². The second-order valence-corrected chi connectivity index (χ2v) is 6.02. The minimum Gasteiger partial charge on any atom is -0.493 e. The molecule has 144 valence electrons. The van der Waals surface area contributed by atoms with Crippen LogP contribution in [0.5, 0.6) is 17.2 Å². The van der Waals surface area contributed by atoms with E-state index in [-0.39, 0.29) is 33.9 Å². The molecule has 2 rings (SSSR count). The quantitative estimate of drug-likeness (QED) is 0.382. The average Bonchev–Trinajstić information content (AvgIpc) is 2.66. The molecule has 0 spiro atoms. The van der Waals surface area contributed by atoms with E-state index in [9.17, 15) is 14.9 Å². The van der Waals surface area contributed by atoms with Crippen LogP contribution in [0.15, 0.2) is 36.4 Å². The highest BCUT2D eigenvalue weighted by molar-refractivity contribution is 6.30. The Morgan fingerprint density at radius 2 is 1.93 bits per heavy atom. The number of amides is 1. The zero-order valence-corrected chi connectivity index (χ0v) is 15.5. The lowest BCUT2D eigenvalue weighted by molar-refractivity contribution is -0.385. The van der Waals surface area contributed by atoms with Gasteiger partial charge >= 0.3 is 5.69 Å². The first-order valence-corrected chi connectivity index (χ1v) is 8.62. The summed E-state index contributed by atoms with van der Waals surface area (Å²) in [6, 6.07) is 8.67. The van der Waals surface area contributed by atoms with E-state index in [4.69, 9.17) is 26.8 Å². The summed E-state index contributed by atoms with van der Waals surface area (Å²) in [7, 11) is 1.42. The number of nitrogens with one attached hydrogen (secondary N) is 1. The SMILES string of the molecule is COc1cc(C(=O)NCCCCN)ccc1Oc1ccc(Cl)cc1[N+](=O)[O-]. The molecule has 0 heterocycles. The topological polar surface area (TPSA) is 117 Å². The Bertz CT molecular complexity index is 829. The molecule has 0 fully saturated rings. The molecule has 0 atom stereocenters. The lowest BCUT2D eigenvalue weighted by Crippen LogP contribution is -2.24. The van der Waals surface area contributed by atoms with E-state index >= 15 is 0 Å². The molecule has 2 aromatic rings. The number of nitro benzene ring substituents is 1. The van der Waals surface area contributed by atoms with Gasteiger partial charge in [0.05, 0.1) is 12.0 Å². The van der Waals surface area contributed by atoms with Gasteiger partial charge in [0.25, 0.3) is 5.91 Å². The van der Waals surface area contributed by atoms with Gasteiger partial charge in [0.1, 0.15) is 0 Å². The molecule has 2 aromatic carbocycles. The maximum absolute atomic E-state index is 12.2. The van der Waals surface area contributed by atoms with Crippen LogP contribution in [-0.4, -0.2) is 31.0 Å². The molecule has 0 aromatic heterocycles. The minimum atomic E-state index is -0.586. The zero-order valence-electron chi connectivity index (χ0n) is 14.7. The summed E-state index contributed by atoms with van der Waals surface area (Å²) in [6.45, 7) is 1.10. The van der Waals surface area contributed by atoms with Crippen LogP contribution in [0, 0.1) is 10.1 Å². The van der Waals surface area contributed by atoms with Crippen molar-refractivity contribution in [1.29, 1.82) is 0 Å². The molecule has 0 aliphatic carbocycles. The fourth-order valence-corrected chi connectivity index (χ4v) is 2.47. The van der Waals surface area contributed by atoms with Gasteiger partial charge in [0.15, 0.2) is 11.5 Å². The standard InChI is InChI=1S/C18H20ClN3O5/c1-26-17-10-12(18(23)21-9-3-2-8-20)4-6-16(17)27-15-7-5-13(19)11-14(15)22(24)25/h4-7,10-11H,2-3,8-9,20H2,1H3,(H,21,23). The van der Waals surface area contributed by atoms with Gasteiger partial charge in [-0.3, -0.25) is 14.9 Å². The van der Waals surface area contributed by atoms with Crippen LogP contribution in [0.3, 0.4) is 0 Å². The molecule has 1 amide bonds. The van der Waals surface area contributed by atoms with E-state index in [2.05, 4.69) is 5.32 Å². The molecule has 9 heteroatoms. The van der Waals surface area contributed by atoms with Gasteiger partial charge in [-0.05, 0) is 49.7 Å². The second-order valence-electron chi connectivity index (χ2n) is 5.59. The average molecular weight is 394 g/mol.